The summed E-state index contributed by atoms with van der Waals surface area (Å²) in [6.07, 6.45) is 1.73. The summed E-state index contributed by atoms with van der Waals surface area (Å²) in [5, 5.41) is 9.00. The second kappa shape index (κ2) is 1.94. The van der Waals surface area contributed by atoms with Crippen molar-refractivity contribution in [3.05, 3.63) is 23.3 Å². The molecule has 0 aromatic carbocycles. The molecule has 2 aromatic rings. The molecule has 44 valence electrons. The Kier molecular flexibility index (Phi) is 1.11. The van der Waals surface area contributed by atoms with E-state index in [2.05, 4.69) is 21.2 Å². The van der Waals surface area contributed by atoms with Crippen LogP contribution in [0.3, 0.4) is 0 Å². The summed E-state index contributed by atoms with van der Waals surface area (Å²) in [5.74, 6) is 0. The monoisotopic (exact) mass is 184 g/mol. The van der Waals surface area contributed by atoms with E-state index in [0.29, 0.717) is 14.5 Å². The van der Waals surface area contributed by atoms with Crippen molar-refractivity contribution in [2.45, 2.75) is 0 Å². The molecule has 2 heterocycles. The van der Waals surface area contributed by atoms with Crippen molar-refractivity contribution in [2.75, 3.05) is 0 Å². The number of aromatic nitrogens is 2. The summed E-state index contributed by atoms with van der Waals surface area (Å²) >= 11 is 0.448. The molecular formula is C6H4N2Se. The van der Waals surface area contributed by atoms with Gasteiger partial charge in [0.2, 0.25) is 0 Å². The van der Waals surface area contributed by atoms with Crippen LogP contribution in [0.5, 0.6) is 0 Å². The van der Waals surface area contributed by atoms with Crippen LogP contribution in [-0.2, 0) is 0 Å². The van der Waals surface area contributed by atoms with Gasteiger partial charge in [-0.15, -0.1) is 0 Å². The number of hydrogen-bond acceptors (Lipinski definition) is 2. The summed E-state index contributed by atoms with van der Waals surface area (Å²) in [6, 6.07) is 4.09. The van der Waals surface area contributed by atoms with Gasteiger partial charge < -0.3 is 0 Å². The molecule has 2 nitrogen and oxygen atoms in total. The van der Waals surface area contributed by atoms with Gasteiger partial charge in [0.1, 0.15) is 0 Å². The summed E-state index contributed by atoms with van der Waals surface area (Å²) in [5.41, 5.74) is 0. The van der Waals surface area contributed by atoms with Crippen LogP contribution in [0.25, 0.3) is 9.78 Å². The zero-order valence-electron chi connectivity index (χ0n) is 4.61. The molecule has 0 saturated carbocycles. The molecule has 0 aliphatic heterocycles. The summed E-state index contributed by atoms with van der Waals surface area (Å²) in [7, 11) is 0. The molecule has 0 N–H and O–H groups in total. The Labute approximate surface area is 58.3 Å². The van der Waals surface area contributed by atoms with Crippen molar-refractivity contribution in [2.24, 2.45) is 0 Å². The molecular weight excluding hydrogens is 179 g/mol. The average Bonchev–Trinajstić information content (AvgIpc) is 2.33. The third kappa shape index (κ3) is 0.784. The van der Waals surface area contributed by atoms with E-state index >= 15 is 0 Å². The summed E-state index contributed by atoms with van der Waals surface area (Å²) in [6.45, 7) is 0. The van der Waals surface area contributed by atoms with Crippen molar-refractivity contribution in [3.8, 4) is 0 Å². The number of hydrogen-bond donors (Lipinski definition) is 0. The average molecular weight is 183 g/mol. The first-order valence-electron chi connectivity index (χ1n) is 2.62. The Morgan fingerprint density at radius 3 is 3.22 bits per heavy atom. The van der Waals surface area contributed by atoms with Crippen molar-refractivity contribution < 1.29 is 0 Å². The van der Waals surface area contributed by atoms with Crippen LogP contribution in [0.1, 0.15) is 0 Å². The molecule has 3 heteroatoms. The van der Waals surface area contributed by atoms with E-state index in [-0.39, 0.29) is 0 Å². The Morgan fingerprint density at radius 2 is 2.33 bits per heavy atom. The van der Waals surface area contributed by atoms with Gasteiger partial charge in [0.05, 0.1) is 0 Å². The van der Waals surface area contributed by atoms with E-state index in [1.165, 1.54) is 5.39 Å². The fraction of sp³-hybridized carbons (Fsp3) is 0. The van der Waals surface area contributed by atoms with E-state index in [9.17, 15) is 0 Å². The van der Waals surface area contributed by atoms with Gasteiger partial charge in [0.25, 0.3) is 0 Å². The fourth-order valence-corrected chi connectivity index (χ4v) is 2.21. The number of fused-ring (bicyclic) bond motifs is 1. The minimum absolute atomic E-state index is 0.448. The van der Waals surface area contributed by atoms with Crippen molar-refractivity contribution in [1.29, 1.82) is 0 Å². The normalized spacial score (nSPS) is 10.2. The van der Waals surface area contributed by atoms with Gasteiger partial charge >= 0.3 is 57.7 Å². The van der Waals surface area contributed by atoms with E-state index in [1.807, 2.05) is 6.07 Å². The summed E-state index contributed by atoms with van der Waals surface area (Å²) in [4.78, 5) is 2.16. The van der Waals surface area contributed by atoms with Crippen LogP contribution in [0.2, 0.25) is 0 Å². The standard InChI is InChI=1S/C6H4N2Se/c1-3-7-8-6-5(1)2-4-9-6/h1-4H. The van der Waals surface area contributed by atoms with E-state index in [0.717, 1.165) is 4.39 Å². The third-order valence-electron chi connectivity index (χ3n) is 1.14. The first-order chi connectivity index (χ1) is 4.47. The van der Waals surface area contributed by atoms with Gasteiger partial charge in [-0.1, -0.05) is 0 Å². The van der Waals surface area contributed by atoms with Gasteiger partial charge in [-0.3, -0.25) is 0 Å². The number of nitrogens with zero attached hydrogens (tertiary/aromatic N) is 2. The predicted molar refractivity (Wildman–Crippen MR) is 36.5 cm³/mol. The second-order valence-corrected chi connectivity index (χ2v) is 3.59. The second-order valence-electron chi connectivity index (χ2n) is 1.71. The van der Waals surface area contributed by atoms with Gasteiger partial charge in [0.15, 0.2) is 0 Å². The van der Waals surface area contributed by atoms with Crippen LogP contribution in [-0.4, -0.2) is 24.7 Å². The van der Waals surface area contributed by atoms with Gasteiger partial charge in [-0.25, -0.2) is 0 Å². The van der Waals surface area contributed by atoms with Crippen molar-refractivity contribution >= 4 is 24.3 Å². The quantitative estimate of drug-likeness (QED) is 0.561. The van der Waals surface area contributed by atoms with Crippen LogP contribution in [0.4, 0.5) is 0 Å². The molecule has 2 aromatic heterocycles. The Balaban J connectivity index is 2.95. The molecule has 0 radical (unpaired) electrons. The Morgan fingerprint density at radius 1 is 1.33 bits per heavy atom. The van der Waals surface area contributed by atoms with Crippen LogP contribution in [0.15, 0.2) is 23.3 Å². The molecule has 0 amide bonds. The maximum atomic E-state index is 3.97. The molecule has 2 rings (SSSR count). The predicted octanol–water partition coefficient (Wildman–Crippen LogP) is 0.687. The number of rotatable bonds is 0. The Bertz CT molecular complexity index is 285. The third-order valence-corrected chi connectivity index (χ3v) is 2.85. The van der Waals surface area contributed by atoms with Crippen LogP contribution in [0, 0.1) is 0 Å². The van der Waals surface area contributed by atoms with Gasteiger partial charge in [0, 0.05) is 0 Å². The van der Waals surface area contributed by atoms with Crippen LogP contribution < -0.4 is 0 Å². The fourth-order valence-electron chi connectivity index (χ4n) is 0.719. The molecule has 0 spiro atoms. The molecule has 0 aliphatic rings. The van der Waals surface area contributed by atoms with Crippen molar-refractivity contribution in [1.82, 2.24) is 10.2 Å². The first-order valence-corrected chi connectivity index (χ1v) is 4.46. The minimum atomic E-state index is 0.448. The molecule has 9 heavy (non-hydrogen) atoms. The molecule has 0 bridgehead atoms. The van der Waals surface area contributed by atoms with E-state index in [1.54, 1.807) is 6.20 Å². The molecule has 0 saturated heterocycles. The molecule has 0 fully saturated rings. The molecule has 0 aliphatic carbocycles. The SMILES string of the molecule is c1cc2cc[se]c2nn1. The van der Waals surface area contributed by atoms with Gasteiger partial charge in [-0.2, -0.15) is 0 Å². The zero-order chi connectivity index (χ0) is 6.10. The van der Waals surface area contributed by atoms with E-state index < -0.39 is 0 Å². The topological polar surface area (TPSA) is 25.8 Å². The van der Waals surface area contributed by atoms with Gasteiger partial charge in [-0.05, 0) is 0 Å². The Hall–Kier alpha value is -0.661. The maximum absolute atomic E-state index is 3.97. The van der Waals surface area contributed by atoms with Crippen molar-refractivity contribution in [3.63, 3.8) is 0 Å². The molecule has 0 unspecified atom stereocenters. The molecule has 0 atom stereocenters. The van der Waals surface area contributed by atoms with E-state index in [4.69, 9.17) is 0 Å². The first kappa shape index (κ1) is 5.15. The summed E-state index contributed by atoms with van der Waals surface area (Å²) < 4.78 is 1.16. The van der Waals surface area contributed by atoms with Crippen LogP contribution >= 0.6 is 0 Å². The zero-order valence-corrected chi connectivity index (χ0v) is 6.33.